The Morgan fingerprint density at radius 2 is 2.04 bits per heavy atom. The van der Waals surface area contributed by atoms with Gasteiger partial charge in [0.05, 0.1) is 19.4 Å². The van der Waals surface area contributed by atoms with Crippen molar-refractivity contribution >= 4 is 23.3 Å². The van der Waals surface area contributed by atoms with Gasteiger partial charge in [-0.3, -0.25) is 4.68 Å². The maximum absolute atomic E-state index is 12.8. The number of aromatic nitrogens is 2. The van der Waals surface area contributed by atoms with Crippen LogP contribution in [0, 0.1) is 0 Å². The molecule has 28 heavy (non-hydrogen) atoms. The third-order valence-electron chi connectivity index (χ3n) is 3.99. The first-order chi connectivity index (χ1) is 13.1. The van der Waals surface area contributed by atoms with Crippen molar-refractivity contribution in [2.24, 2.45) is 0 Å². The molecule has 1 heterocycles. The molecule has 0 saturated carbocycles. The molecule has 0 aliphatic heterocycles. The Morgan fingerprint density at radius 3 is 2.57 bits per heavy atom. The van der Waals surface area contributed by atoms with Crippen molar-refractivity contribution < 1.29 is 27.4 Å². The summed E-state index contributed by atoms with van der Waals surface area (Å²) in [6.45, 7) is 5.08. The van der Waals surface area contributed by atoms with Crippen molar-refractivity contribution in [2.45, 2.75) is 39.5 Å². The van der Waals surface area contributed by atoms with E-state index in [9.17, 15) is 18.0 Å². The van der Waals surface area contributed by atoms with Gasteiger partial charge in [0.15, 0.2) is 5.69 Å². The van der Waals surface area contributed by atoms with Gasteiger partial charge in [0, 0.05) is 23.9 Å². The first-order valence-corrected chi connectivity index (χ1v) is 8.96. The van der Waals surface area contributed by atoms with E-state index in [2.05, 4.69) is 10.4 Å². The highest BCUT2D eigenvalue weighted by Gasteiger charge is 2.36. The van der Waals surface area contributed by atoms with Crippen molar-refractivity contribution in [3.8, 4) is 17.0 Å². The average molecular weight is 420 g/mol. The Morgan fingerprint density at radius 1 is 1.36 bits per heavy atom. The topological polar surface area (TPSA) is 65.4 Å². The van der Waals surface area contributed by atoms with E-state index < -0.39 is 18.2 Å². The predicted octanol–water partition coefficient (Wildman–Crippen LogP) is 4.77. The van der Waals surface area contributed by atoms with E-state index in [4.69, 9.17) is 21.1 Å². The summed E-state index contributed by atoms with van der Waals surface area (Å²) in [6, 6.07) is 2.75. The van der Waals surface area contributed by atoms with Gasteiger partial charge in [-0.2, -0.15) is 18.3 Å². The van der Waals surface area contributed by atoms with Gasteiger partial charge in [-0.1, -0.05) is 11.6 Å². The summed E-state index contributed by atoms with van der Waals surface area (Å²) in [5, 5.41) is 6.66. The number of halogens is 4. The van der Waals surface area contributed by atoms with Crippen molar-refractivity contribution in [1.82, 2.24) is 9.78 Å². The summed E-state index contributed by atoms with van der Waals surface area (Å²) in [4.78, 5) is 12.1. The van der Waals surface area contributed by atoms with Crippen LogP contribution in [0.3, 0.4) is 0 Å². The van der Waals surface area contributed by atoms with Crippen molar-refractivity contribution in [2.75, 3.05) is 19.0 Å². The van der Waals surface area contributed by atoms with Gasteiger partial charge in [0.2, 0.25) is 0 Å². The van der Waals surface area contributed by atoms with E-state index in [1.54, 1.807) is 13.0 Å². The van der Waals surface area contributed by atoms with E-state index >= 15 is 0 Å². The molecule has 1 N–H and O–H groups in total. The van der Waals surface area contributed by atoms with Gasteiger partial charge in [-0.05, 0) is 32.9 Å². The Kier molecular flexibility index (Phi) is 6.82. The number of hydrogen-bond acceptors (Lipinski definition) is 5. The van der Waals surface area contributed by atoms with Crippen molar-refractivity contribution in [3.05, 3.63) is 28.9 Å². The highest BCUT2D eigenvalue weighted by atomic mass is 35.5. The quantitative estimate of drug-likeness (QED) is 0.655. The monoisotopic (exact) mass is 419 g/mol. The molecule has 1 aromatic heterocycles. The Hall–Kier alpha value is -2.42. The number of hydrogen-bond donors (Lipinski definition) is 1. The van der Waals surface area contributed by atoms with Gasteiger partial charge < -0.3 is 14.8 Å². The van der Waals surface area contributed by atoms with E-state index in [-0.39, 0.29) is 28.8 Å². The minimum absolute atomic E-state index is 0.0321. The number of carbonyl (C=O) groups excluding carboxylic acids is 1. The second-order valence-corrected chi connectivity index (χ2v) is 6.25. The van der Waals surface area contributed by atoms with Crippen LogP contribution in [-0.2, 0) is 11.3 Å². The second kappa shape index (κ2) is 8.72. The SMILES string of the molecule is CCOC(=O)c1nn(CC)c(-c2ccc(NC(C)C(F)(F)F)cc2OC)c1Cl. The first-order valence-electron chi connectivity index (χ1n) is 8.59. The Balaban J connectivity index is 2.49. The van der Waals surface area contributed by atoms with Crippen LogP contribution in [0.15, 0.2) is 18.2 Å². The zero-order chi connectivity index (χ0) is 21.1. The number of alkyl halides is 3. The van der Waals surface area contributed by atoms with Crippen LogP contribution >= 0.6 is 11.6 Å². The van der Waals surface area contributed by atoms with Gasteiger partial charge >= 0.3 is 12.1 Å². The molecule has 0 aliphatic rings. The molecule has 0 radical (unpaired) electrons. The lowest BCUT2D eigenvalue weighted by Crippen LogP contribution is -2.33. The maximum Gasteiger partial charge on any atom is 0.408 e. The molecule has 0 spiro atoms. The van der Waals surface area contributed by atoms with Crippen molar-refractivity contribution in [3.63, 3.8) is 0 Å². The molecule has 1 atom stereocenters. The molecule has 2 rings (SSSR count). The number of benzene rings is 1. The smallest absolute Gasteiger partial charge is 0.408 e. The molecule has 6 nitrogen and oxygen atoms in total. The van der Waals surface area contributed by atoms with Crippen LogP contribution in [0.2, 0.25) is 5.02 Å². The van der Waals surface area contributed by atoms with Crippen LogP contribution in [0.1, 0.15) is 31.3 Å². The molecule has 0 amide bonds. The molecular weight excluding hydrogens is 399 g/mol. The minimum atomic E-state index is -4.38. The lowest BCUT2D eigenvalue weighted by molar-refractivity contribution is -0.138. The van der Waals surface area contributed by atoms with E-state index in [1.807, 2.05) is 6.92 Å². The minimum Gasteiger partial charge on any atom is -0.496 e. The number of esters is 1. The Bertz CT molecular complexity index is 853. The van der Waals surface area contributed by atoms with Crippen molar-refractivity contribution in [1.29, 1.82) is 0 Å². The summed E-state index contributed by atoms with van der Waals surface area (Å²) in [7, 11) is 1.39. The molecule has 0 saturated heterocycles. The highest BCUT2D eigenvalue weighted by molar-refractivity contribution is 6.36. The predicted molar refractivity (Wildman–Crippen MR) is 100.0 cm³/mol. The summed E-state index contributed by atoms with van der Waals surface area (Å²) < 4.78 is 50.2. The lowest BCUT2D eigenvalue weighted by Gasteiger charge is -2.19. The number of carbonyl (C=O) groups is 1. The largest absolute Gasteiger partial charge is 0.496 e. The van der Waals surface area contributed by atoms with Gasteiger partial charge in [0.1, 0.15) is 16.8 Å². The van der Waals surface area contributed by atoms with E-state index in [0.717, 1.165) is 6.92 Å². The number of ether oxygens (including phenoxy) is 2. The highest BCUT2D eigenvalue weighted by Crippen LogP contribution is 2.39. The summed E-state index contributed by atoms with van der Waals surface area (Å²) >= 11 is 6.38. The zero-order valence-corrected chi connectivity index (χ0v) is 16.6. The molecular formula is C18H21ClF3N3O3. The molecule has 0 fully saturated rings. The summed E-state index contributed by atoms with van der Waals surface area (Å²) in [6.07, 6.45) is -4.38. The fourth-order valence-electron chi connectivity index (χ4n) is 2.56. The first kappa shape index (κ1) is 21.9. The zero-order valence-electron chi connectivity index (χ0n) is 15.9. The van der Waals surface area contributed by atoms with Crippen LogP contribution in [0.25, 0.3) is 11.3 Å². The fraction of sp³-hybridized carbons (Fsp3) is 0.444. The van der Waals surface area contributed by atoms with E-state index in [0.29, 0.717) is 17.8 Å². The summed E-state index contributed by atoms with van der Waals surface area (Å²) in [5.74, 6) is -0.372. The number of aryl methyl sites for hydroxylation is 1. The number of rotatable bonds is 7. The van der Waals surface area contributed by atoms with Gasteiger partial charge in [0.25, 0.3) is 0 Å². The van der Waals surface area contributed by atoms with Crippen LogP contribution in [-0.4, -0.2) is 41.7 Å². The summed E-state index contributed by atoms with van der Waals surface area (Å²) in [5.41, 5.74) is 1.10. The number of nitrogens with zero attached hydrogens (tertiary/aromatic N) is 2. The number of anilines is 1. The number of methoxy groups -OCH3 is 1. The lowest BCUT2D eigenvalue weighted by atomic mass is 10.1. The molecule has 2 aromatic rings. The Labute approximate surface area is 165 Å². The normalized spacial score (nSPS) is 12.6. The van der Waals surface area contributed by atoms with E-state index in [1.165, 1.54) is 23.9 Å². The van der Waals surface area contributed by atoms with Crippen LogP contribution in [0.4, 0.5) is 18.9 Å². The molecule has 1 unspecified atom stereocenters. The van der Waals surface area contributed by atoms with Crippen LogP contribution < -0.4 is 10.1 Å². The molecule has 1 aromatic carbocycles. The number of nitrogens with one attached hydrogen (secondary N) is 1. The molecule has 0 aliphatic carbocycles. The average Bonchev–Trinajstić information content (AvgIpc) is 2.97. The fourth-order valence-corrected chi connectivity index (χ4v) is 2.88. The molecule has 154 valence electrons. The standard InChI is InChI=1S/C18H21ClF3N3O3/c1-5-25-16(14(19)15(24-25)17(26)28-6-2)12-8-7-11(9-13(12)27-4)23-10(3)18(20,21)22/h7-10,23H,5-6H2,1-4H3. The second-order valence-electron chi connectivity index (χ2n) is 5.87. The third kappa shape index (κ3) is 4.52. The maximum atomic E-state index is 12.8. The molecule has 0 bridgehead atoms. The van der Waals surface area contributed by atoms with Gasteiger partial charge in [-0.25, -0.2) is 4.79 Å². The molecule has 10 heteroatoms. The third-order valence-corrected chi connectivity index (χ3v) is 4.35. The van der Waals surface area contributed by atoms with Gasteiger partial charge in [-0.15, -0.1) is 0 Å². The van der Waals surface area contributed by atoms with Crippen LogP contribution in [0.5, 0.6) is 5.75 Å².